The Morgan fingerprint density at radius 2 is 2.16 bits per heavy atom. The molecule has 1 N–H and O–H groups in total. The summed E-state index contributed by atoms with van der Waals surface area (Å²) in [5, 5.41) is 3.34. The number of para-hydroxylation sites is 1. The second-order valence-electron chi connectivity index (χ2n) is 4.09. The average Bonchev–Trinajstić information content (AvgIpc) is 2.42. The average molecular weight is 348 g/mol. The minimum atomic E-state index is 0.720. The summed E-state index contributed by atoms with van der Waals surface area (Å²) in [4.78, 5) is 0. The highest BCUT2D eigenvalue weighted by molar-refractivity contribution is 9.10. The molecule has 0 saturated carbocycles. The maximum Gasteiger partial charge on any atom is 0.137 e. The molecule has 0 bridgehead atoms. The van der Waals surface area contributed by atoms with Crippen molar-refractivity contribution in [2.45, 2.75) is 13.0 Å². The van der Waals surface area contributed by atoms with Gasteiger partial charge in [-0.1, -0.05) is 12.1 Å². The summed E-state index contributed by atoms with van der Waals surface area (Å²) in [7, 11) is 1.71. The van der Waals surface area contributed by atoms with Crippen LogP contribution in [0.3, 0.4) is 0 Å². The molecule has 1 aromatic rings. The highest BCUT2D eigenvalue weighted by Crippen LogP contribution is 2.29. The Bertz CT molecular complexity index is 363. The molecule has 0 amide bonds. The van der Waals surface area contributed by atoms with E-state index >= 15 is 0 Å². The van der Waals surface area contributed by atoms with Crippen molar-refractivity contribution in [1.82, 2.24) is 5.32 Å². The summed E-state index contributed by atoms with van der Waals surface area (Å²) >= 11 is 5.40. The Labute approximate surface area is 128 Å². The van der Waals surface area contributed by atoms with Crippen LogP contribution in [-0.4, -0.2) is 38.9 Å². The molecular weight excluding hydrogens is 326 g/mol. The first-order valence-electron chi connectivity index (χ1n) is 6.38. The van der Waals surface area contributed by atoms with E-state index < -0.39 is 0 Å². The summed E-state index contributed by atoms with van der Waals surface area (Å²) in [6, 6.07) is 6.14. The lowest BCUT2D eigenvalue weighted by atomic mass is 10.2. The Morgan fingerprint density at radius 3 is 2.89 bits per heavy atom. The number of hydrogen-bond donors (Lipinski definition) is 1. The first-order valence-corrected chi connectivity index (χ1v) is 8.57. The Balaban J connectivity index is 2.51. The topological polar surface area (TPSA) is 30.5 Å². The van der Waals surface area contributed by atoms with E-state index in [0.717, 1.165) is 48.7 Å². The SMILES string of the molecule is COCCNCc1cccc(Br)c1OCCCSC. The van der Waals surface area contributed by atoms with Crippen molar-refractivity contribution in [3.8, 4) is 5.75 Å². The number of nitrogens with one attached hydrogen (secondary N) is 1. The van der Waals surface area contributed by atoms with Gasteiger partial charge in [0.2, 0.25) is 0 Å². The molecule has 0 aliphatic rings. The van der Waals surface area contributed by atoms with Crippen LogP contribution in [0.2, 0.25) is 0 Å². The van der Waals surface area contributed by atoms with Gasteiger partial charge in [0.25, 0.3) is 0 Å². The van der Waals surface area contributed by atoms with Crippen molar-refractivity contribution in [3.63, 3.8) is 0 Å². The smallest absolute Gasteiger partial charge is 0.137 e. The number of halogens is 1. The van der Waals surface area contributed by atoms with Gasteiger partial charge in [0.1, 0.15) is 5.75 Å². The van der Waals surface area contributed by atoms with Gasteiger partial charge in [0.05, 0.1) is 17.7 Å². The summed E-state index contributed by atoms with van der Waals surface area (Å²) in [5.41, 5.74) is 1.18. The number of rotatable bonds is 10. The van der Waals surface area contributed by atoms with E-state index in [1.54, 1.807) is 7.11 Å². The Morgan fingerprint density at radius 1 is 1.32 bits per heavy atom. The van der Waals surface area contributed by atoms with Gasteiger partial charge in [-0.2, -0.15) is 11.8 Å². The summed E-state index contributed by atoms with van der Waals surface area (Å²) in [5.74, 6) is 2.08. The van der Waals surface area contributed by atoms with Crippen LogP contribution in [0.5, 0.6) is 5.75 Å². The fourth-order valence-electron chi connectivity index (χ4n) is 1.63. The number of benzene rings is 1. The molecule has 5 heteroatoms. The van der Waals surface area contributed by atoms with Gasteiger partial charge < -0.3 is 14.8 Å². The largest absolute Gasteiger partial charge is 0.492 e. The molecule has 0 aromatic heterocycles. The molecule has 0 saturated heterocycles. The quantitative estimate of drug-likeness (QED) is 0.657. The monoisotopic (exact) mass is 347 g/mol. The van der Waals surface area contributed by atoms with Crippen LogP contribution in [0.1, 0.15) is 12.0 Å². The number of ether oxygens (including phenoxy) is 2. The van der Waals surface area contributed by atoms with Crippen molar-refractivity contribution in [2.24, 2.45) is 0 Å². The fraction of sp³-hybridized carbons (Fsp3) is 0.571. The molecule has 0 radical (unpaired) electrons. The third-order valence-corrected chi connectivity index (χ3v) is 3.91. The predicted molar refractivity (Wildman–Crippen MR) is 86.2 cm³/mol. The van der Waals surface area contributed by atoms with E-state index in [4.69, 9.17) is 9.47 Å². The molecule has 0 unspecified atom stereocenters. The molecule has 0 aliphatic heterocycles. The van der Waals surface area contributed by atoms with Gasteiger partial charge in [-0.15, -0.1) is 0 Å². The van der Waals surface area contributed by atoms with Crippen molar-refractivity contribution >= 4 is 27.7 Å². The molecule has 0 heterocycles. The van der Waals surface area contributed by atoms with E-state index in [1.807, 2.05) is 23.9 Å². The second kappa shape index (κ2) is 10.5. The van der Waals surface area contributed by atoms with Crippen molar-refractivity contribution in [2.75, 3.05) is 38.9 Å². The molecular formula is C14H22BrNO2S. The van der Waals surface area contributed by atoms with Crippen LogP contribution in [0.4, 0.5) is 0 Å². The van der Waals surface area contributed by atoms with Crippen molar-refractivity contribution in [1.29, 1.82) is 0 Å². The summed E-state index contributed by atoms with van der Waals surface area (Å²) in [6.07, 6.45) is 3.18. The molecule has 3 nitrogen and oxygen atoms in total. The lowest BCUT2D eigenvalue weighted by Crippen LogP contribution is -2.19. The van der Waals surface area contributed by atoms with E-state index in [0.29, 0.717) is 0 Å². The highest BCUT2D eigenvalue weighted by Gasteiger charge is 2.07. The van der Waals surface area contributed by atoms with Crippen LogP contribution in [0.15, 0.2) is 22.7 Å². The molecule has 0 aliphatic carbocycles. The lowest BCUT2D eigenvalue weighted by Gasteiger charge is -2.13. The second-order valence-corrected chi connectivity index (χ2v) is 5.93. The molecule has 108 valence electrons. The van der Waals surface area contributed by atoms with Gasteiger partial charge in [0.15, 0.2) is 0 Å². The third kappa shape index (κ3) is 6.65. The van der Waals surface area contributed by atoms with E-state index in [2.05, 4.69) is 33.6 Å². The maximum atomic E-state index is 5.90. The Hall–Kier alpha value is -0.230. The van der Waals surface area contributed by atoms with Gasteiger partial charge >= 0.3 is 0 Å². The molecule has 0 fully saturated rings. The van der Waals surface area contributed by atoms with Gasteiger partial charge in [-0.25, -0.2) is 0 Å². The number of hydrogen-bond acceptors (Lipinski definition) is 4. The van der Waals surface area contributed by atoms with Crippen molar-refractivity contribution in [3.05, 3.63) is 28.2 Å². The highest BCUT2D eigenvalue weighted by atomic mass is 79.9. The van der Waals surface area contributed by atoms with E-state index in [-0.39, 0.29) is 0 Å². The minimum absolute atomic E-state index is 0.720. The summed E-state index contributed by atoms with van der Waals surface area (Å²) in [6.45, 7) is 3.11. The lowest BCUT2D eigenvalue weighted by molar-refractivity contribution is 0.199. The fourth-order valence-corrected chi connectivity index (χ4v) is 2.56. The first-order chi connectivity index (χ1) is 9.29. The molecule has 0 atom stereocenters. The summed E-state index contributed by atoms with van der Waals surface area (Å²) < 4.78 is 11.9. The maximum absolute atomic E-state index is 5.90. The normalized spacial score (nSPS) is 10.7. The van der Waals surface area contributed by atoms with Crippen LogP contribution >= 0.6 is 27.7 Å². The van der Waals surface area contributed by atoms with Gasteiger partial charge in [-0.3, -0.25) is 0 Å². The van der Waals surface area contributed by atoms with E-state index in [1.165, 1.54) is 5.56 Å². The van der Waals surface area contributed by atoms with Crippen molar-refractivity contribution < 1.29 is 9.47 Å². The first kappa shape index (κ1) is 16.8. The molecule has 0 spiro atoms. The zero-order chi connectivity index (χ0) is 13.9. The minimum Gasteiger partial charge on any atom is -0.492 e. The van der Waals surface area contributed by atoms with Gasteiger partial charge in [-0.05, 0) is 40.4 Å². The zero-order valence-electron chi connectivity index (χ0n) is 11.6. The van der Waals surface area contributed by atoms with Crippen LogP contribution < -0.4 is 10.1 Å². The molecule has 1 rings (SSSR count). The standard InChI is InChI=1S/C14H22BrNO2S/c1-17-9-7-16-11-12-5-3-6-13(15)14(12)18-8-4-10-19-2/h3,5-6,16H,4,7-11H2,1-2H3. The number of methoxy groups -OCH3 is 1. The van der Waals surface area contributed by atoms with Gasteiger partial charge in [0, 0.05) is 25.8 Å². The Kier molecular flexibility index (Phi) is 9.34. The van der Waals surface area contributed by atoms with Crippen LogP contribution in [0.25, 0.3) is 0 Å². The predicted octanol–water partition coefficient (Wildman–Crippen LogP) is 3.32. The number of thioether (sulfide) groups is 1. The van der Waals surface area contributed by atoms with Crippen LogP contribution in [-0.2, 0) is 11.3 Å². The zero-order valence-corrected chi connectivity index (χ0v) is 14.0. The third-order valence-electron chi connectivity index (χ3n) is 2.59. The molecule has 19 heavy (non-hydrogen) atoms. The van der Waals surface area contributed by atoms with Crippen LogP contribution in [0, 0.1) is 0 Å². The molecule has 1 aromatic carbocycles. The van der Waals surface area contributed by atoms with E-state index in [9.17, 15) is 0 Å².